The highest BCUT2D eigenvalue weighted by Crippen LogP contribution is 2.26. The third kappa shape index (κ3) is 4.69. The maximum atomic E-state index is 13.3. The van der Waals surface area contributed by atoms with Gasteiger partial charge in [-0.2, -0.15) is 5.26 Å². The van der Waals surface area contributed by atoms with Crippen molar-refractivity contribution in [2.24, 2.45) is 0 Å². The lowest BCUT2D eigenvalue weighted by Gasteiger charge is -2.29. The number of rotatable bonds is 6. The van der Waals surface area contributed by atoms with Crippen LogP contribution in [0.3, 0.4) is 0 Å². The van der Waals surface area contributed by atoms with Crippen LogP contribution in [-0.4, -0.2) is 30.9 Å². The highest BCUT2D eigenvalue weighted by atomic mass is 16.5. The van der Waals surface area contributed by atoms with E-state index in [2.05, 4.69) is 11.0 Å². The Hall–Kier alpha value is -3.32. The monoisotopic (exact) mass is 372 g/mol. The zero-order chi connectivity index (χ0) is 19.8. The first-order chi connectivity index (χ1) is 13.7. The van der Waals surface area contributed by atoms with E-state index in [1.54, 1.807) is 7.11 Å². The molecule has 0 atom stereocenters. The van der Waals surface area contributed by atoms with Gasteiger partial charge in [0.2, 0.25) is 0 Å². The van der Waals surface area contributed by atoms with Crippen LogP contribution in [-0.2, 0) is 0 Å². The number of carbonyl (C=O) groups excluding carboxylic acids is 1. The van der Waals surface area contributed by atoms with E-state index < -0.39 is 0 Å². The number of methoxy groups -OCH3 is 1. The Balaban J connectivity index is 2.05. The Kier molecular flexibility index (Phi) is 6.64. The van der Waals surface area contributed by atoms with Gasteiger partial charge in [-0.15, -0.1) is 0 Å². The van der Waals surface area contributed by atoms with Gasteiger partial charge in [0.1, 0.15) is 5.75 Å². The SMILES string of the molecule is COc1ccc(/C(=C\C(=C/C#N)N2CCCCC2)C(=O)c2ccccc2)cc1. The van der Waals surface area contributed by atoms with Gasteiger partial charge in [-0.3, -0.25) is 4.79 Å². The number of carbonyl (C=O) groups is 1. The molecule has 142 valence electrons. The summed E-state index contributed by atoms with van der Waals surface area (Å²) in [6.07, 6.45) is 6.79. The van der Waals surface area contributed by atoms with E-state index in [4.69, 9.17) is 4.74 Å². The molecule has 0 saturated carbocycles. The van der Waals surface area contributed by atoms with Gasteiger partial charge in [0.05, 0.1) is 13.2 Å². The van der Waals surface area contributed by atoms with E-state index in [0.717, 1.165) is 42.9 Å². The molecule has 28 heavy (non-hydrogen) atoms. The molecule has 0 unspecified atom stereocenters. The molecular formula is C24H24N2O2. The lowest BCUT2D eigenvalue weighted by molar-refractivity contribution is 0.105. The minimum atomic E-state index is -0.0633. The third-order valence-electron chi connectivity index (χ3n) is 4.91. The van der Waals surface area contributed by atoms with Crippen molar-refractivity contribution in [3.8, 4) is 11.8 Å². The van der Waals surface area contributed by atoms with Gasteiger partial charge in [-0.1, -0.05) is 42.5 Å². The molecule has 4 nitrogen and oxygen atoms in total. The van der Waals surface area contributed by atoms with Crippen LogP contribution >= 0.6 is 0 Å². The summed E-state index contributed by atoms with van der Waals surface area (Å²) in [5.74, 6) is 0.672. The maximum Gasteiger partial charge on any atom is 0.193 e. The second-order valence-electron chi connectivity index (χ2n) is 6.73. The number of allylic oxidation sites excluding steroid dienone is 3. The standard InChI is InChI=1S/C24H24N2O2/c1-28-22-12-10-19(11-13-22)23(24(27)20-8-4-2-5-9-20)18-21(14-15-25)26-16-6-3-7-17-26/h2,4-5,8-14,18H,3,6-7,16-17H2,1H3/b21-14+,23-18+. The van der Waals surface area contributed by atoms with E-state index in [-0.39, 0.29) is 5.78 Å². The predicted molar refractivity (Wildman–Crippen MR) is 111 cm³/mol. The lowest BCUT2D eigenvalue weighted by Crippen LogP contribution is -2.28. The number of nitriles is 1. The molecule has 0 N–H and O–H groups in total. The van der Waals surface area contributed by atoms with Crippen LogP contribution in [0.2, 0.25) is 0 Å². The van der Waals surface area contributed by atoms with Crippen molar-refractivity contribution in [3.63, 3.8) is 0 Å². The maximum absolute atomic E-state index is 13.3. The summed E-state index contributed by atoms with van der Waals surface area (Å²) in [7, 11) is 1.62. The fourth-order valence-corrected chi connectivity index (χ4v) is 3.39. The number of hydrogen-bond acceptors (Lipinski definition) is 4. The summed E-state index contributed by atoms with van der Waals surface area (Å²) in [6.45, 7) is 1.80. The number of hydrogen-bond donors (Lipinski definition) is 0. The van der Waals surface area contributed by atoms with Crippen LogP contribution in [0.25, 0.3) is 5.57 Å². The molecule has 1 heterocycles. The molecule has 2 aromatic rings. The predicted octanol–water partition coefficient (Wildman–Crippen LogP) is 4.85. The molecule has 0 aliphatic carbocycles. The summed E-state index contributed by atoms with van der Waals surface area (Å²) < 4.78 is 5.24. The fraction of sp³-hybridized carbons (Fsp3) is 0.250. The van der Waals surface area contributed by atoms with E-state index in [0.29, 0.717) is 11.1 Å². The Labute approximate surface area is 166 Å². The van der Waals surface area contributed by atoms with Crippen LogP contribution < -0.4 is 4.74 Å². The van der Waals surface area contributed by atoms with Crippen LogP contribution in [0, 0.1) is 11.3 Å². The summed E-state index contributed by atoms with van der Waals surface area (Å²) in [4.78, 5) is 15.5. The van der Waals surface area contributed by atoms with Crippen molar-refractivity contribution >= 4 is 11.4 Å². The molecule has 1 aliphatic rings. The normalized spacial score (nSPS) is 15.1. The summed E-state index contributed by atoms with van der Waals surface area (Å²) in [5.41, 5.74) is 2.79. The Morgan fingerprint density at radius 1 is 1.00 bits per heavy atom. The number of piperidine rings is 1. The molecular weight excluding hydrogens is 348 g/mol. The first-order valence-electron chi connectivity index (χ1n) is 9.53. The number of benzene rings is 2. The average molecular weight is 372 g/mol. The summed E-state index contributed by atoms with van der Waals surface area (Å²) in [5, 5.41) is 9.29. The zero-order valence-corrected chi connectivity index (χ0v) is 16.1. The Morgan fingerprint density at radius 3 is 2.29 bits per heavy atom. The quantitative estimate of drug-likeness (QED) is 0.315. The highest BCUT2D eigenvalue weighted by Gasteiger charge is 2.18. The van der Waals surface area contributed by atoms with Crippen molar-refractivity contribution in [2.75, 3.05) is 20.2 Å². The van der Waals surface area contributed by atoms with Crippen molar-refractivity contribution in [2.45, 2.75) is 19.3 Å². The molecule has 3 rings (SSSR count). The first kappa shape index (κ1) is 19.4. The van der Waals surface area contributed by atoms with Crippen molar-refractivity contribution < 1.29 is 9.53 Å². The van der Waals surface area contributed by atoms with Crippen LogP contribution in [0.15, 0.2) is 72.4 Å². The van der Waals surface area contributed by atoms with Crippen molar-refractivity contribution in [3.05, 3.63) is 83.6 Å². The molecule has 1 saturated heterocycles. The molecule has 1 aliphatic heterocycles. The number of ketones is 1. The third-order valence-corrected chi connectivity index (χ3v) is 4.91. The molecule has 4 heteroatoms. The number of nitrogens with zero attached hydrogens (tertiary/aromatic N) is 2. The van der Waals surface area contributed by atoms with Gasteiger partial charge in [0.25, 0.3) is 0 Å². The minimum absolute atomic E-state index is 0.0633. The highest BCUT2D eigenvalue weighted by molar-refractivity contribution is 6.29. The number of likely N-dealkylation sites (tertiary alicyclic amines) is 1. The molecule has 2 aromatic carbocycles. The molecule has 0 bridgehead atoms. The zero-order valence-electron chi connectivity index (χ0n) is 16.1. The van der Waals surface area contributed by atoms with Crippen LogP contribution in [0.4, 0.5) is 0 Å². The van der Waals surface area contributed by atoms with Crippen LogP contribution in [0.5, 0.6) is 5.75 Å². The summed E-state index contributed by atoms with van der Waals surface area (Å²) in [6, 6.07) is 18.8. The van der Waals surface area contributed by atoms with Crippen molar-refractivity contribution in [1.82, 2.24) is 4.90 Å². The van der Waals surface area contributed by atoms with Gasteiger partial charge in [-0.25, -0.2) is 0 Å². The smallest absolute Gasteiger partial charge is 0.193 e. The van der Waals surface area contributed by atoms with Gasteiger partial charge < -0.3 is 9.64 Å². The Bertz CT molecular complexity index is 900. The molecule has 0 amide bonds. The van der Waals surface area contributed by atoms with E-state index >= 15 is 0 Å². The first-order valence-corrected chi connectivity index (χ1v) is 9.53. The largest absolute Gasteiger partial charge is 0.497 e. The molecule has 0 spiro atoms. The average Bonchev–Trinajstić information content (AvgIpc) is 2.77. The van der Waals surface area contributed by atoms with E-state index in [1.165, 1.54) is 12.5 Å². The lowest BCUT2D eigenvalue weighted by atomic mass is 9.95. The fourth-order valence-electron chi connectivity index (χ4n) is 3.39. The summed E-state index contributed by atoms with van der Waals surface area (Å²) >= 11 is 0. The Morgan fingerprint density at radius 2 is 1.68 bits per heavy atom. The second-order valence-corrected chi connectivity index (χ2v) is 6.73. The molecule has 1 fully saturated rings. The molecule has 0 aromatic heterocycles. The van der Waals surface area contributed by atoms with Gasteiger partial charge >= 0.3 is 0 Å². The van der Waals surface area contributed by atoms with E-state index in [9.17, 15) is 10.1 Å². The van der Waals surface area contributed by atoms with Gasteiger partial charge in [-0.05, 0) is 43.0 Å². The van der Waals surface area contributed by atoms with Crippen molar-refractivity contribution in [1.29, 1.82) is 5.26 Å². The second kappa shape index (κ2) is 9.57. The number of ether oxygens (including phenoxy) is 1. The minimum Gasteiger partial charge on any atom is -0.497 e. The van der Waals surface area contributed by atoms with Gasteiger partial charge in [0.15, 0.2) is 5.78 Å². The topological polar surface area (TPSA) is 53.3 Å². The molecule has 0 radical (unpaired) electrons. The van der Waals surface area contributed by atoms with E-state index in [1.807, 2.05) is 60.7 Å². The van der Waals surface area contributed by atoms with Gasteiger partial charge in [0, 0.05) is 36.0 Å². The van der Waals surface area contributed by atoms with Crippen LogP contribution in [0.1, 0.15) is 35.2 Å². The number of Topliss-reactive ketones (excluding diaryl/α,β-unsaturated/α-hetero) is 1.